The molecule has 1 aliphatic rings. The maximum atomic E-state index is 13.0. The van der Waals surface area contributed by atoms with Crippen molar-refractivity contribution in [2.45, 2.75) is 26.8 Å². The lowest BCUT2D eigenvalue weighted by Gasteiger charge is -2.23. The van der Waals surface area contributed by atoms with Crippen molar-refractivity contribution in [3.05, 3.63) is 76.8 Å². The number of anilines is 1. The Bertz CT molecular complexity index is 925. The quantitative estimate of drug-likeness (QED) is 0.549. The molecule has 0 spiro atoms. The molecule has 2 aromatic rings. The van der Waals surface area contributed by atoms with Crippen LogP contribution in [0.3, 0.4) is 0 Å². The summed E-state index contributed by atoms with van der Waals surface area (Å²) in [5, 5.41) is 0. The second kappa shape index (κ2) is 8.06. The van der Waals surface area contributed by atoms with Gasteiger partial charge in [-0.15, -0.1) is 0 Å². The van der Waals surface area contributed by atoms with Gasteiger partial charge in [0.2, 0.25) is 5.91 Å². The van der Waals surface area contributed by atoms with Crippen LogP contribution in [0.1, 0.15) is 31.0 Å². The van der Waals surface area contributed by atoms with Gasteiger partial charge in [0, 0.05) is 13.1 Å². The first kappa shape index (κ1) is 19.3. The van der Waals surface area contributed by atoms with E-state index < -0.39 is 0 Å². The molecule has 4 nitrogen and oxygen atoms in total. The summed E-state index contributed by atoms with van der Waals surface area (Å²) in [6.45, 7) is 5.37. The van der Waals surface area contributed by atoms with Crippen molar-refractivity contribution in [3.8, 4) is 0 Å². The first-order valence-electron chi connectivity index (χ1n) is 8.57. The summed E-state index contributed by atoms with van der Waals surface area (Å²) in [6, 6.07) is 17.2. The number of aryl methyl sites for hydroxylation is 1. The van der Waals surface area contributed by atoms with E-state index in [1.165, 1.54) is 23.6 Å². The van der Waals surface area contributed by atoms with E-state index in [0.717, 1.165) is 16.8 Å². The molecule has 0 radical (unpaired) electrons. The minimum atomic E-state index is -0.179. The first-order chi connectivity index (χ1) is 12.9. The molecule has 1 saturated heterocycles. The molecule has 1 heterocycles. The molecular weight excluding hydrogens is 376 g/mol. The molecule has 3 rings (SSSR count). The molecule has 0 bridgehead atoms. The van der Waals surface area contributed by atoms with Crippen LogP contribution in [-0.2, 0) is 9.59 Å². The number of thioether (sulfide) groups is 1. The topological polar surface area (TPSA) is 40.6 Å². The van der Waals surface area contributed by atoms with E-state index in [1.54, 1.807) is 11.1 Å². The number of amides is 2. The van der Waals surface area contributed by atoms with Crippen molar-refractivity contribution >= 4 is 45.8 Å². The number of thiocarbonyl (C=S) groups is 1. The Morgan fingerprint density at radius 2 is 1.78 bits per heavy atom. The Balaban J connectivity index is 1.93. The molecule has 1 aliphatic heterocycles. The maximum absolute atomic E-state index is 13.0. The molecule has 0 unspecified atom stereocenters. The Morgan fingerprint density at radius 1 is 1.15 bits per heavy atom. The fourth-order valence-corrected chi connectivity index (χ4v) is 4.35. The molecular formula is C21H20N2O2S2. The summed E-state index contributed by atoms with van der Waals surface area (Å²) in [5.74, 6) is -0.341. The number of hydrogen-bond donors (Lipinski definition) is 0. The summed E-state index contributed by atoms with van der Waals surface area (Å²) in [7, 11) is 0. The molecule has 2 amide bonds. The molecule has 138 valence electrons. The minimum absolute atomic E-state index is 0.161. The van der Waals surface area contributed by atoms with Gasteiger partial charge >= 0.3 is 0 Å². The molecule has 0 aliphatic carbocycles. The maximum Gasteiger partial charge on any atom is 0.268 e. The molecule has 0 saturated carbocycles. The van der Waals surface area contributed by atoms with Crippen molar-refractivity contribution in [2.75, 3.05) is 4.90 Å². The summed E-state index contributed by atoms with van der Waals surface area (Å²) in [6.07, 6.45) is 1.60. The van der Waals surface area contributed by atoms with E-state index in [0.29, 0.717) is 9.23 Å². The summed E-state index contributed by atoms with van der Waals surface area (Å²) >= 11 is 6.68. The van der Waals surface area contributed by atoms with Gasteiger partial charge in [-0.25, -0.2) is 0 Å². The summed E-state index contributed by atoms with van der Waals surface area (Å²) in [4.78, 5) is 28.8. The average Bonchev–Trinajstić information content (AvgIpc) is 2.93. The Morgan fingerprint density at radius 3 is 2.41 bits per heavy atom. The SMILES string of the molecule is CC(=O)N(/C=C1\SC(=S)N([C@H](C)c2ccccc2)C1=O)c1ccccc1C. The number of hydrogen-bond acceptors (Lipinski definition) is 4. The highest BCUT2D eigenvalue weighted by atomic mass is 32.2. The standard InChI is InChI=1S/C21H20N2O2S2/c1-14-9-7-8-12-18(14)22(16(3)24)13-19-20(25)23(21(26)27-19)15(2)17-10-5-4-6-11-17/h4-13,15H,1-3H3/b19-13-/t15-/m1/s1. The number of carbonyl (C=O) groups excluding carboxylic acids is 2. The van der Waals surface area contributed by atoms with Crippen LogP contribution >= 0.6 is 24.0 Å². The van der Waals surface area contributed by atoms with Gasteiger partial charge in [0.25, 0.3) is 5.91 Å². The number of para-hydroxylation sites is 1. The largest absolute Gasteiger partial charge is 0.287 e. The van der Waals surface area contributed by atoms with Gasteiger partial charge in [0.05, 0.1) is 16.6 Å². The van der Waals surface area contributed by atoms with Crippen molar-refractivity contribution in [1.29, 1.82) is 0 Å². The van der Waals surface area contributed by atoms with Gasteiger partial charge in [0.1, 0.15) is 4.32 Å². The van der Waals surface area contributed by atoms with Crippen molar-refractivity contribution in [3.63, 3.8) is 0 Å². The van der Waals surface area contributed by atoms with Gasteiger partial charge in [0.15, 0.2) is 0 Å². The highest BCUT2D eigenvalue weighted by molar-refractivity contribution is 8.26. The Hall–Kier alpha value is -2.44. The monoisotopic (exact) mass is 396 g/mol. The minimum Gasteiger partial charge on any atom is -0.287 e. The van der Waals surface area contributed by atoms with Crippen LogP contribution in [0.15, 0.2) is 65.7 Å². The lowest BCUT2D eigenvalue weighted by atomic mass is 10.1. The second-order valence-corrected chi connectivity index (χ2v) is 7.97. The molecule has 0 N–H and O–H groups in total. The van der Waals surface area contributed by atoms with Crippen LogP contribution in [0, 0.1) is 6.92 Å². The van der Waals surface area contributed by atoms with E-state index in [1.807, 2.05) is 68.4 Å². The lowest BCUT2D eigenvalue weighted by Crippen LogP contribution is -2.31. The number of benzene rings is 2. The third kappa shape index (κ3) is 3.96. The lowest BCUT2D eigenvalue weighted by molar-refractivity contribution is -0.123. The average molecular weight is 397 g/mol. The Kier molecular flexibility index (Phi) is 5.77. The number of carbonyl (C=O) groups is 2. The van der Waals surface area contributed by atoms with Gasteiger partial charge < -0.3 is 0 Å². The zero-order valence-electron chi connectivity index (χ0n) is 15.4. The number of nitrogens with zero attached hydrogens (tertiary/aromatic N) is 2. The highest BCUT2D eigenvalue weighted by Crippen LogP contribution is 2.37. The van der Waals surface area contributed by atoms with Crippen LogP contribution in [0.4, 0.5) is 5.69 Å². The predicted molar refractivity (Wildman–Crippen MR) is 114 cm³/mol. The molecule has 27 heavy (non-hydrogen) atoms. The van der Waals surface area contributed by atoms with Crippen LogP contribution in [0.5, 0.6) is 0 Å². The normalized spacial score (nSPS) is 16.7. The molecule has 2 aromatic carbocycles. The van der Waals surface area contributed by atoms with Crippen molar-refractivity contribution in [1.82, 2.24) is 4.90 Å². The predicted octanol–water partition coefficient (Wildman–Crippen LogP) is 4.81. The molecule has 1 fully saturated rings. The van der Waals surface area contributed by atoms with Gasteiger partial charge in [-0.1, -0.05) is 72.5 Å². The van der Waals surface area contributed by atoms with Gasteiger partial charge in [-0.05, 0) is 31.0 Å². The first-order valence-corrected chi connectivity index (χ1v) is 9.80. The van der Waals surface area contributed by atoms with Crippen LogP contribution in [0.2, 0.25) is 0 Å². The smallest absolute Gasteiger partial charge is 0.268 e. The second-order valence-electron chi connectivity index (χ2n) is 6.30. The van der Waals surface area contributed by atoms with E-state index in [9.17, 15) is 9.59 Å². The third-order valence-electron chi connectivity index (χ3n) is 4.45. The van der Waals surface area contributed by atoms with Crippen LogP contribution < -0.4 is 4.90 Å². The van der Waals surface area contributed by atoms with Crippen molar-refractivity contribution < 1.29 is 9.59 Å². The zero-order valence-corrected chi connectivity index (χ0v) is 17.0. The summed E-state index contributed by atoms with van der Waals surface area (Å²) in [5.41, 5.74) is 2.72. The fourth-order valence-electron chi connectivity index (χ4n) is 2.97. The fraction of sp³-hybridized carbons (Fsp3) is 0.190. The number of rotatable bonds is 4. The van der Waals surface area contributed by atoms with Gasteiger partial charge in [-0.3, -0.25) is 19.4 Å². The molecule has 6 heteroatoms. The van der Waals surface area contributed by atoms with E-state index >= 15 is 0 Å². The summed E-state index contributed by atoms with van der Waals surface area (Å²) < 4.78 is 0.496. The third-order valence-corrected chi connectivity index (χ3v) is 5.77. The van der Waals surface area contributed by atoms with Crippen LogP contribution in [0.25, 0.3) is 0 Å². The van der Waals surface area contributed by atoms with E-state index in [2.05, 4.69) is 0 Å². The zero-order chi connectivity index (χ0) is 19.6. The molecule has 1 atom stereocenters. The van der Waals surface area contributed by atoms with Gasteiger partial charge in [-0.2, -0.15) is 0 Å². The van der Waals surface area contributed by atoms with E-state index in [4.69, 9.17) is 12.2 Å². The highest BCUT2D eigenvalue weighted by Gasteiger charge is 2.36. The Labute approximate surface area is 168 Å². The van der Waals surface area contributed by atoms with E-state index in [-0.39, 0.29) is 17.9 Å². The van der Waals surface area contributed by atoms with Crippen molar-refractivity contribution in [2.24, 2.45) is 0 Å². The van der Waals surface area contributed by atoms with Crippen LogP contribution in [-0.4, -0.2) is 21.0 Å². The molecule has 0 aromatic heterocycles.